The van der Waals surface area contributed by atoms with E-state index in [0.717, 1.165) is 116 Å². The summed E-state index contributed by atoms with van der Waals surface area (Å²) in [5, 5.41) is 10.7. The number of hydrogen-bond donors (Lipinski definition) is 3. The molecule has 0 saturated heterocycles. The highest BCUT2D eigenvalue weighted by Crippen LogP contribution is 2.45. The number of carbonyl (C=O) groups excluding carboxylic acids is 4. The van der Waals surface area contributed by atoms with Crippen molar-refractivity contribution in [1.82, 2.24) is 0 Å². The molecule has 2 unspecified atom stereocenters. The van der Waals surface area contributed by atoms with Crippen molar-refractivity contribution < 1.29 is 80.2 Å². The van der Waals surface area contributed by atoms with Crippen LogP contribution >= 0.6 is 15.6 Å². The molecule has 0 heterocycles. The van der Waals surface area contributed by atoms with Crippen LogP contribution in [0.5, 0.6) is 0 Å². The van der Waals surface area contributed by atoms with E-state index in [1.165, 1.54) is 186 Å². The SMILES string of the molecule is CCCCC/C=C\C/C=C\C/C=C\C/C=C\CCCC(=O)OC[C@H](COP(=O)(O)OC[C@H](O)COP(=O)(O)OC[C@@H](COC(=O)CCCCCCCCCCCCCCCCC)OC(=O)CCCCCCCCCCCCCCCCCCC)OC(=O)CCCCCCC/C=C\C/C=C\CCCCC. The molecule has 3 N–H and O–H groups in total. The van der Waals surface area contributed by atoms with E-state index in [2.05, 4.69) is 88.5 Å². The summed E-state index contributed by atoms with van der Waals surface area (Å²) in [6, 6.07) is 0. The number of unbranched alkanes of at least 4 members (excludes halogenated alkanes) is 42. The number of phosphoric acid groups is 2. The molecule has 5 atom stereocenters. The van der Waals surface area contributed by atoms with Crippen molar-refractivity contribution in [3.63, 3.8) is 0 Å². The maximum atomic E-state index is 13.1. The van der Waals surface area contributed by atoms with Gasteiger partial charge in [-0.25, -0.2) is 9.13 Å². The second-order valence-electron chi connectivity index (χ2n) is 28.4. The molecule has 0 spiro atoms. The lowest BCUT2D eigenvalue weighted by molar-refractivity contribution is -0.161. The van der Waals surface area contributed by atoms with Gasteiger partial charge in [-0.15, -0.1) is 0 Å². The molecule has 0 rings (SSSR count). The Morgan fingerprint density at radius 1 is 0.269 bits per heavy atom. The molecule has 0 aromatic heterocycles. The van der Waals surface area contributed by atoms with Crippen molar-refractivity contribution in [2.24, 2.45) is 0 Å². The Bertz CT molecular complexity index is 2250. The van der Waals surface area contributed by atoms with Gasteiger partial charge < -0.3 is 33.8 Å². The fraction of sp³-hybridized carbons (Fsp3) is 0.812. The van der Waals surface area contributed by atoms with E-state index in [9.17, 15) is 43.2 Å². The van der Waals surface area contributed by atoms with E-state index >= 15 is 0 Å². The molecule has 0 saturated carbocycles. The number of rotatable bonds is 80. The summed E-state index contributed by atoms with van der Waals surface area (Å²) in [7, 11) is -9.96. The average molecular weight is 1510 g/mol. The van der Waals surface area contributed by atoms with Gasteiger partial charge in [-0.1, -0.05) is 338 Å². The zero-order valence-electron chi connectivity index (χ0n) is 66.5. The van der Waals surface area contributed by atoms with Crippen LogP contribution in [0.1, 0.15) is 387 Å². The highest BCUT2D eigenvalue weighted by Gasteiger charge is 2.30. The van der Waals surface area contributed by atoms with Crippen LogP contribution in [-0.4, -0.2) is 96.7 Å². The molecule has 17 nitrogen and oxygen atoms in total. The number of carbonyl (C=O) groups is 4. The summed E-state index contributed by atoms with van der Waals surface area (Å²) < 4.78 is 68.7. The van der Waals surface area contributed by atoms with E-state index in [1.54, 1.807) is 0 Å². The van der Waals surface area contributed by atoms with Gasteiger partial charge in [0, 0.05) is 25.7 Å². The third-order valence-electron chi connectivity index (χ3n) is 18.2. The molecular formula is C85H154O17P2. The van der Waals surface area contributed by atoms with E-state index in [0.29, 0.717) is 32.1 Å². The van der Waals surface area contributed by atoms with Gasteiger partial charge in [-0.2, -0.15) is 0 Å². The van der Waals surface area contributed by atoms with Crippen LogP contribution in [0.3, 0.4) is 0 Å². The number of aliphatic hydroxyl groups excluding tert-OH is 1. The molecule has 606 valence electrons. The third kappa shape index (κ3) is 76.7. The van der Waals surface area contributed by atoms with E-state index in [-0.39, 0.29) is 25.7 Å². The first-order chi connectivity index (χ1) is 50.7. The predicted octanol–water partition coefficient (Wildman–Crippen LogP) is 24.8. The van der Waals surface area contributed by atoms with Crippen LogP contribution in [-0.2, 0) is 65.4 Å². The maximum Gasteiger partial charge on any atom is 0.472 e. The molecule has 0 aromatic carbocycles. The lowest BCUT2D eigenvalue weighted by atomic mass is 10.0. The van der Waals surface area contributed by atoms with Gasteiger partial charge in [0.2, 0.25) is 0 Å². The largest absolute Gasteiger partial charge is 0.472 e. The monoisotopic (exact) mass is 1510 g/mol. The van der Waals surface area contributed by atoms with E-state index in [1.807, 2.05) is 12.2 Å². The topological polar surface area (TPSA) is 237 Å². The quantitative estimate of drug-likeness (QED) is 0.0169. The molecule has 0 aromatic rings. The zero-order chi connectivity index (χ0) is 76.0. The molecule has 0 aliphatic heterocycles. The fourth-order valence-corrected chi connectivity index (χ4v) is 13.3. The van der Waals surface area contributed by atoms with Crippen LogP contribution in [0.15, 0.2) is 72.9 Å². The Labute approximate surface area is 634 Å². The Morgan fingerprint density at radius 2 is 0.481 bits per heavy atom. The molecule has 0 aliphatic carbocycles. The lowest BCUT2D eigenvalue weighted by Crippen LogP contribution is -2.30. The predicted molar refractivity (Wildman–Crippen MR) is 427 cm³/mol. The van der Waals surface area contributed by atoms with Crippen molar-refractivity contribution in [3.8, 4) is 0 Å². The van der Waals surface area contributed by atoms with Crippen LogP contribution in [0.2, 0.25) is 0 Å². The first-order valence-electron chi connectivity index (χ1n) is 42.2. The molecular weight excluding hydrogens is 1350 g/mol. The van der Waals surface area contributed by atoms with Crippen LogP contribution in [0.25, 0.3) is 0 Å². The Kier molecular flexibility index (Phi) is 75.0. The molecule has 0 amide bonds. The summed E-state index contributed by atoms with van der Waals surface area (Å²) in [6.45, 7) is 4.84. The summed E-state index contributed by atoms with van der Waals surface area (Å²) in [4.78, 5) is 73.1. The van der Waals surface area contributed by atoms with Gasteiger partial charge in [0.1, 0.15) is 19.3 Å². The van der Waals surface area contributed by atoms with Gasteiger partial charge in [0.05, 0.1) is 26.4 Å². The maximum absolute atomic E-state index is 13.1. The van der Waals surface area contributed by atoms with Crippen molar-refractivity contribution in [2.75, 3.05) is 39.6 Å². The van der Waals surface area contributed by atoms with Gasteiger partial charge >= 0.3 is 39.5 Å². The molecule has 0 aliphatic rings. The minimum absolute atomic E-state index is 0.0699. The summed E-state index contributed by atoms with van der Waals surface area (Å²) in [5.74, 6) is -2.22. The van der Waals surface area contributed by atoms with Crippen LogP contribution in [0, 0.1) is 0 Å². The number of aliphatic hydroxyl groups is 1. The second-order valence-corrected chi connectivity index (χ2v) is 31.3. The number of phosphoric ester groups is 2. The van der Waals surface area contributed by atoms with Crippen molar-refractivity contribution in [3.05, 3.63) is 72.9 Å². The van der Waals surface area contributed by atoms with E-state index < -0.39 is 97.5 Å². The highest BCUT2D eigenvalue weighted by molar-refractivity contribution is 7.47. The van der Waals surface area contributed by atoms with Crippen molar-refractivity contribution >= 4 is 39.5 Å². The molecule has 0 radical (unpaired) electrons. The molecule has 104 heavy (non-hydrogen) atoms. The number of hydrogen-bond acceptors (Lipinski definition) is 15. The Hall–Kier alpha value is -3.50. The van der Waals surface area contributed by atoms with Gasteiger partial charge in [-0.3, -0.25) is 37.3 Å². The number of ether oxygens (including phenoxy) is 4. The van der Waals surface area contributed by atoms with E-state index in [4.69, 9.17) is 37.0 Å². The lowest BCUT2D eigenvalue weighted by Gasteiger charge is -2.21. The van der Waals surface area contributed by atoms with Crippen LogP contribution in [0.4, 0.5) is 0 Å². The summed E-state index contributed by atoms with van der Waals surface area (Å²) in [5.41, 5.74) is 0. The average Bonchev–Trinajstić information content (AvgIpc) is 0.909. The Morgan fingerprint density at radius 3 is 0.779 bits per heavy atom. The summed E-state index contributed by atoms with van der Waals surface area (Å²) >= 11 is 0. The van der Waals surface area contributed by atoms with Gasteiger partial charge in [0.25, 0.3) is 0 Å². The zero-order valence-corrected chi connectivity index (χ0v) is 68.2. The molecule has 0 fully saturated rings. The van der Waals surface area contributed by atoms with Crippen molar-refractivity contribution in [2.45, 2.75) is 406 Å². The molecule has 19 heteroatoms. The third-order valence-corrected chi connectivity index (χ3v) is 20.1. The van der Waals surface area contributed by atoms with Crippen LogP contribution < -0.4 is 0 Å². The Balaban J connectivity index is 5.38. The smallest absolute Gasteiger partial charge is 0.462 e. The van der Waals surface area contributed by atoms with Gasteiger partial charge in [0.15, 0.2) is 12.2 Å². The second kappa shape index (κ2) is 77.7. The standard InChI is InChI=1S/C85H154O17P2/c1-5-9-13-17-21-25-29-33-37-39-43-46-50-54-58-62-66-70-83(88)96-76-80(101-84(89)71-67-63-59-55-51-47-42-36-32-28-24-20-16-12-8-4)77-99-103(91,92)97-73-79(86)74-98-104(93,94)100-78-81(75-95-82(87)69-65-61-57-53-49-45-41-35-31-27-23-19-15-11-7-3)102-85(90)72-68-64-60-56-52-48-44-40-38-34-30-26-22-18-14-10-6-2/h21,24-25,28,33,36-37,42-43,46,54,58,79-81,86H,5-20,22-23,26-27,29-32,34-35,38-41,44-45,47-53,55-57,59-78H2,1-4H3,(H,91,92)(H,93,94)/b25-21-,28-24-,37-33-,42-36-,46-43-,58-54-/t79-,80+,81+/m0/s1. The minimum Gasteiger partial charge on any atom is -0.462 e. The van der Waals surface area contributed by atoms with Crippen molar-refractivity contribution in [1.29, 1.82) is 0 Å². The first-order valence-corrected chi connectivity index (χ1v) is 45.2. The van der Waals surface area contributed by atoms with Gasteiger partial charge in [-0.05, 0) is 96.3 Å². The minimum atomic E-state index is -4.99. The summed E-state index contributed by atoms with van der Waals surface area (Å²) in [6.07, 6.45) is 80.1. The molecule has 0 bridgehead atoms. The number of esters is 4. The first kappa shape index (κ1) is 100. The fourth-order valence-electron chi connectivity index (χ4n) is 11.7. The highest BCUT2D eigenvalue weighted by atomic mass is 31.2. The normalized spacial score (nSPS) is 14.2. The number of allylic oxidation sites excluding steroid dienone is 12.